The van der Waals surface area contributed by atoms with E-state index in [1.807, 2.05) is 0 Å². The van der Waals surface area contributed by atoms with Gasteiger partial charge in [-0.15, -0.1) is 0 Å². The number of carbonyl (C=O) groups excluding carboxylic acids is 2. The van der Waals surface area contributed by atoms with Crippen molar-refractivity contribution in [1.82, 2.24) is 15.2 Å². The van der Waals surface area contributed by atoms with Crippen LogP contribution in [0.25, 0.3) is 0 Å². The third kappa shape index (κ3) is 3.94. The summed E-state index contributed by atoms with van der Waals surface area (Å²) >= 11 is 0. The average Bonchev–Trinajstić information content (AvgIpc) is 2.41. The number of nitrogens with one attached hydrogen (secondary N) is 1. The van der Waals surface area contributed by atoms with Crippen LogP contribution in [0.3, 0.4) is 0 Å². The summed E-state index contributed by atoms with van der Waals surface area (Å²) in [4.78, 5) is 29.2. The van der Waals surface area contributed by atoms with Crippen LogP contribution < -0.4 is 11.1 Å². The van der Waals surface area contributed by atoms with Crippen molar-refractivity contribution in [1.29, 1.82) is 0 Å². The number of amides is 2. The predicted octanol–water partition coefficient (Wildman–Crippen LogP) is 0.333. The summed E-state index contributed by atoms with van der Waals surface area (Å²) in [6.45, 7) is 2.82. The minimum atomic E-state index is -0.0514. The number of carbonyl (C=O) groups is 2. The third-order valence-corrected chi connectivity index (χ3v) is 3.36. The first-order valence-electron chi connectivity index (χ1n) is 6.80. The summed E-state index contributed by atoms with van der Waals surface area (Å²) in [6.07, 6.45) is 3.65. The van der Waals surface area contributed by atoms with Crippen molar-refractivity contribution in [2.24, 2.45) is 0 Å². The maximum atomic E-state index is 12.2. The molecule has 0 aliphatic carbocycles. The second-order valence-electron chi connectivity index (χ2n) is 5.14. The van der Waals surface area contributed by atoms with E-state index in [0.29, 0.717) is 17.9 Å². The Hall–Kier alpha value is -2.11. The van der Waals surface area contributed by atoms with E-state index in [0.717, 1.165) is 19.4 Å². The summed E-state index contributed by atoms with van der Waals surface area (Å²) in [5.41, 5.74) is 6.87. The molecule has 3 N–H and O–H groups in total. The Morgan fingerprint density at radius 1 is 1.50 bits per heavy atom. The van der Waals surface area contributed by atoms with E-state index in [1.54, 1.807) is 23.2 Å². The summed E-state index contributed by atoms with van der Waals surface area (Å²) in [7, 11) is 0. The van der Waals surface area contributed by atoms with Gasteiger partial charge in [0.05, 0.1) is 18.3 Å². The van der Waals surface area contributed by atoms with E-state index in [4.69, 9.17) is 5.73 Å². The van der Waals surface area contributed by atoms with Crippen molar-refractivity contribution in [3.8, 4) is 0 Å². The van der Waals surface area contributed by atoms with Crippen molar-refractivity contribution in [3.63, 3.8) is 0 Å². The van der Waals surface area contributed by atoms with Crippen LogP contribution in [0.5, 0.6) is 0 Å². The molecule has 1 saturated heterocycles. The Morgan fingerprint density at radius 2 is 2.30 bits per heavy atom. The second kappa shape index (κ2) is 6.36. The Balaban J connectivity index is 1.91. The van der Waals surface area contributed by atoms with E-state index in [1.165, 1.54) is 6.92 Å². The van der Waals surface area contributed by atoms with Gasteiger partial charge in [0.25, 0.3) is 0 Å². The van der Waals surface area contributed by atoms with Gasteiger partial charge in [-0.3, -0.25) is 14.6 Å². The molecule has 0 aromatic carbocycles. The van der Waals surface area contributed by atoms with Crippen molar-refractivity contribution < 1.29 is 9.59 Å². The number of anilines is 1. The van der Waals surface area contributed by atoms with Gasteiger partial charge in [0.2, 0.25) is 11.8 Å². The van der Waals surface area contributed by atoms with Gasteiger partial charge < -0.3 is 16.0 Å². The fraction of sp³-hybridized carbons (Fsp3) is 0.500. The number of nitrogens with two attached hydrogens (primary N) is 1. The van der Waals surface area contributed by atoms with Gasteiger partial charge in [0.15, 0.2) is 0 Å². The third-order valence-electron chi connectivity index (χ3n) is 3.36. The van der Waals surface area contributed by atoms with Crippen LogP contribution in [0.1, 0.15) is 25.5 Å². The van der Waals surface area contributed by atoms with Gasteiger partial charge in [-0.05, 0) is 25.0 Å². The number of hydrogen-bond acceptors (Lipinski definition) is 4. The minimum absolute atomic E-state index is 0.0392. The van der Waals surface area contributed by atoms with Gasteiger partial charge >= 0.3 is 0 Å². The predicted molar refractivity (Wildman–Crippen MR) is 75.8 cm³/mol. The molecule has 6 heteroatoms. The Bertz CT molecular complexity index is 486. The number of nitrogens with zero attached hydrogens (tertiary/aromatic N) is 2. The van der Waals surface area contributed by atoms with Crippen molar-refractivity contribution in [2.75, 3.05) is 18.8 Å². The number of hydrogen-bond donors (Lipinski definition) is 2. The molecule has 0 radical (unpaired) electrons. The van der Waals surface area contributed by atoms with Gasteiger partial charge in [0.1, 0.15) is 0 Å². The Morgan fingerprint density at radius 3 is 2.95 bits per heavy atom. The largest absolute Gasteiger partial charge is 0.397 e. The molecule has 6 nitrogen and oxygen atoms in total. The highest BCUT2D eigenvalue weighted by Gasteiger charge is 2.24. The molecule has 1 aromatic rings. The van der Waals surface area contributed by atoms with E-state index in [2.05, 4.69) is 10.3 Å². The lowest BCUT2D eigenvalue weighted by Gasteiger charge is -2.33. The molecule has 2 amide bonds. The lowest BCUT2D eigenvalue weighted by Crippen LogP contribution is -2.49. The number of aromatic nitrogens is 1. The van der Waals surface area contributed by atoms with Crippen molar-refractivity contribution in [2.45, 2.75) is 32.2 Å². The number of rotatable bonds is 3. The monoisotopic (exact) mass is 276 g/mol. The highest BCUT2D eigenvalue weighted by atomic mass is 16.2. The first-order valence-corrected chi connectivity index (χ1v) is 6.80. The topological polar surface area (TPSA) is 88.3 Å². The first-order chi connectivity index (χ1) is 9.54. The zero-order valence-corrected chi connectivity index (χ0v) is 11.6. The molecule has 1 fully saturated rings. The quantitative estimate of drug-likeness (QED) is 0.833. The van der Waals surface area contributed by atoms with Crippen LogP contribution in [-0.4, -0.2) is 40.8 Å². The molecule has 2 heterocycles. The van der Waals surface area contributed by atoms with Crippen LogP contribution in [0.15, 0.2) is 18.3 Å². The highest BCUT2D eigenvalue weighted by molar-refractivity contribution is 5.79. The van der Waals surface area contributed by atoms with E-state index in [9.17, 15) is 9.59 Å². The molecule has 108 valence electrons. The summed E-state index contributed by atoms with van der Waals surface area (Å²) in [6, 6.07) is 3.57. The van der Waals surface area contributed by atoms with Gasteiger partial charge in [-0.1, -0.05) is 0 Å². The molecule has 0 saturated carbocycles. The Labute approximate surface area is 118 Å². The van der Waals surface area contributed by atoms with Gasteiger partial charge in [0, 0.05) is 31.7 Å². The first kappa shape index (κ1) is 14.3. The summed E-state index contributed by atoms with van der Waals surface area (Å²) in [5.74, 6) is -0.0122. The Kier molecular flexibility index (Phi) is 4.55. The van der Waals surface area contributed by atoms with Crippen molar-refractivity contribution in [3.05, 3.63) is 24.0 Å². The molecule has 0 bridgehead atoms. The van der Waals surface area contributed by atoms with Gasteiger partial charge in [-0.2, -0.15) is 0 Å². The number of piperidine rings is 1. The smallest absolute Gasteiger partial charge is 0.228 e. The molecular formula is C14H20N4O2. The normalized spacial score (nSPS) is 18.6. The van der Waals surface area contributed by atoms with Crippen LogP contribution in [0.2, 0.25) is 0 Å². The molecule has 1 aliphatic rings. The molecule has 1 unspecified atom stereocenters. The number of likely N-dealkylation sites (tertiary alicyclic amines) is 1. The van der Waals surface area contributed by atoms with Crippen LogP contribution in [-0.2, 0) is 16.0 Å². The lowest BCUT2D eigenvalue weighted by molar-refractivity contribution is -0.132. The fourth-order valence-electron chi connectivity index (χ4n) is 2.42. The zero-order valence-electron chi connectivity index (χ0n) is 11.6. The van der Waals surface area contributed by atoms with Crippen LogP contribution >= 0.6 is 0 Å². The molecule has 1 aliphatic heterocycles. The van der Waals surface area contributed by atoms with E-state index in [-0.39, 0.29) is 24.3 Å². The molecule has 20 heavy (non-hydrogen) atoms. The second-order valence-corrected chi connectivity index (χ2v) is 5.14. The number of pyridine rings is 1. The lowest BCUT2D eigenvalue weighted by atomic mass is 10.0. The number of nitrogen functional groups attached to an aromatic ring is 1. The standard InChI is InChI=1S/C14H20N4O2/c1-10(19)17-13-3-2-6-18(9-13)14(20)7-12-5-4-11(15)8-16-12/h4-5,8,13H,2-3,6-7,9,15H2,1H3,(H,17,19). The molecule has 1 atom stereocenters. The maximum absolute atomic E-state index is 12.2. The van der Waals surface area contributed by atoms with Crippen molar-refractivity contribution >= 4 is 17.5 Å². The zero-order chi connectivity index (χ0) is 14.5. The SMILES string of the molecule is CC(=O)NC1CCCN(C(=O)Cc2ccc(N)cn2)C1. The van der Waals surface area contributed by atoms with Gasteiger partial charge in [-0.25, -0.2) is 0 Å². The molecule has 1 aromatic heterocycles. The maximum Gasteiger partial charge on any atom is 0.228 e. The summed E-state index contributed by atoms with van der Waals surface area (Å²) < 4.78 is 0. The average molecular weight is 276 g/mol. The van der Waals surface area contributed by atoms with E-state index < -0.39 is 0 Å². The molecule has 2 rings (SSSR count). The van der Waals surface area contributed by atoms with Crippen LogP contribution in [0.4, 0.5) is 5.69 Å². The molecular weight excluding hydrogens is 256 g/mol. The van der Waals surface area contributed by atoms with Crippen LogP contribution in [0, 0.1) is 0 Å². The molecule has 0 spiro atoms. The minimum Gasteiger partial charge on any atom is -0.397 e. The van der Waals surface area contributed by atoms with E-state index >= 15 is 0 Å². The fourth-order valence-corrected chi connectivity index (χ4v) is 2.42. The summed E-state index contributed by atoms with van der Waals surface area (Å²) in [5, 5.41) is 2.87. The highest BCUT2D eigenvalue weighted by Crippen LogP contribution is 2.12.